The lowest BCUT2D eigenvalue weighted by molar-refractivity contribution is 0.105. The first-order valence-electron chi connectivity index (χ1n) is 8.07. The fourth-order valence-corrected chi connectivity index (χ4v) is 3.26. The van der Waals surface area contributed by atoms with Crippen LogP contribution >= 0.6 is 0 Å². The molecule has 3 nitrogen and oxygen atoms in total. The zero-order valence-corrected chi connectivity index (χ0v) is 12.7. The van der Waals surface area contributed by atoms with Crippen molar-refractivity contribution in [2.24, 2.45) is 5.92 Å². The lowest BCUT2D eigenvalue weighted by Gasteiger charge is -2.26. The number of anilines is 1. The molecular formula is C18H24N2O. The summed E-state index contributed by atoms with van der Waals surface area (Å²) in [6.45, 7) is 3.08. The van der Waals surface area contributed by atoms with Crippen molar-refractivity contribution in [3.63, 3.8) is 0 Å². The molecule has 112 valence electrons. The number of fused-ring (bicyclic) bond motifs is 1. The number of hydrogen-bond donors (Lipinski definition) is 2. The first-order chi connectivity index (χ1) is 10.3. The average molecular weight is 284 g/mol. The summed E-state index contributed by atoms with van der Waals surface area (Å²) in [6.07, 6.45) is 5.09. The predicted octanol–water partition coefficient (Wildman–Crippen LogP) is 3.76. The van der Waals surface area contributed by atoms with Crippen LogP contribution < -0.4 is 5.32 Å². The number of aliphatic hydroxyl groups excluding tert-OH is 1. The fourth-order valence-electron chi connectivity index (χ4n) is 3.26. The second kappa shape index (κ2) is 6.44. The maximum absolute atomic E-state index is 9.79. The van der Waals surface area contributed by atoms with E-state index in [2.05, 4.69) is 41.5 Å². The van der Waals surface area contributed by atoms with Gasteiger partial charge < -0.3 is 10.4 Å². The molecule has 2 aromatic rings. The van der Waals surface area contributed by atoms with E-state index in [9.17, 15) is 5.11 Å². The standard InChI is InChI=1S/C18H24N2O/c1-2-14-11-18(16-8-3-4-9-17(16)20-14)19-12-13-6-5-7-15(21)10-13/h3-4,8-9,11,13,15,21H,2,5-7,10,12H2,1H3,(H,19,20). The van der Waals surface area contributed by atoms with Gasteiger partial charge in [-0.15, -0.1) is 0 Å². The van der Waals surface area contributed by atoms with Crippen LogP contribution in [0.4, 0.5) is 5.69 Å². The summed E-state index contributed by atoms with van der Waals surface area (Å²) in [7, 11) is 0. The van der Waals surface area contributed by atoms with Crippen molar-refractivity contribution >= 4 is 16.6 Å². The second-order valence-electron chi connectivity index (χ2n) is 6.10. The van der Waals surface area contributed by atoms with Gasteiger partial charge in [-0.1, -0.05) is 31.5 Å². The topological polar surface area (TPSA) is 45.1 Å². The Kier molecular flexibility index (Phi) is 4.39. The van der Waals surface area contributed by atoms with Gasteiger partial charge >= 0.3 is 0 Å². The minimum absolute atomic E-state index is 0.106. The summed E-state index contributed by atoms with van der Waals surface area (Å²) in [5.74, 6) is 0.575. The molecule has 1 aliphatic carbocycles. The van der Waals surface area contributed by atoms with Gasteiger partial charge in [-0.3, -0.25) is 4.98 Å². The van der Waals surface area contributed by atoms with E-state index in [0.29, 0.717) is 5.92 Å². The zero-order valence-electron chi connectivity index (χ0n) is 12.7. The van der Waals surface area contributed by atoms with E-state index in [1.54, 1.807) is 0 Å². The molecule has 21 heavy (non-hydrogen) atoms. The maximum atomic E-state index is 9.79. The summed E-state index contributed by atoms with van der Waals surface area (Å²) >= 11 is 0. The number of benzene rings is 1. The molecule has 3 heteroatoms. The number of rotatable bonds is 4. The third-order valence-corrected chi connectivity index (χ3v) is 4.47. The van der Waals surface area contributed by atoms with Gasteiger partial charge in [0.2, 0.25) is 0 Å². The second-order valence-corrected chi connectivity index (χ2v) is 6.10. The summed E-state index contributed by atoms with van der Waals surface area (Å²) in [4.78, 5) is 4.68. The molecule has 1 saturated carbocycles. The highest BCUT2D eigenvalue weighted by atomic mass is 16.3. The van der Waals surface area contributed by atoms with Crippen LogP contribution in [0, 0.1) is 5.92 Å². The lowest BCUT2D eigenvalue weighted by atomic mass is 9.87. The average Bonchev–Trinajstić information content (AvgIpc) is 2.52. The summed E-state index contributed by atoms with van der Waals surface area (Å²) in [5.41, 5.74) is 3.36. The Hall–Kier alpha value is -1.61. The van der Waals surface area contributed by atoms with Gasteiger partial charge in [0.25, 0.3) is 0 Å². The largest absolute Gasteiger partial charge is 0.393 e. The Balaban J connectivity index is 1.79. The minimum Gasteiger partial charge on any atom is -0.393 e. The Morgan fingerprint density at radius 2 is 2.14 bits per heavy atom. The number of aryl methyl sites for hydroxylation is 1. The van der Waals surface area contributed by atoms with Gasteiger partial charge in [-0.05, 0) is 43.7 Å². The molecule has 0 radical (unpaired) electrons. The van der Waals surface area contributed by atoms with Crippen molar-refractivity contribution < 1.29 is 5.11 Å². The summed E-state index contributed by atoms with van der Waals surface area (Å²) in [6, 6.07) is 10.5. The molecule has 2 unspecified atom stereocenters. The molecule has 0 bridgehead atoms. The normalized spacial score (nSPS) is 22.4. The molecule has 1 heterocycles. The number of para-hydroxylation sites is 1. The fraction of sp³-hybridized carbons (Fsp3) is 0.500. The minimum atomic E-state index is -0.106. The van der Waals surface area contributed by atoms with E-state index >= 15 is 0 Å². The predicted molar refractivity (Wildman–Crippen MR) is 87.6 cm³/mol. The zero-order chi connectivity index (χ0) is 14.7. The smallest absolute Gasteiger partial charge is 0.0726 e. The van der Waals surface area contributed by atoms with Crippen molar-refractivity contribution in [2.45, 2.75) is 45.1 Å². The molecule has 1 fully saturated rings. The van der Waals surface area contributed by atoms with Crippen LogP contribution in [0.25, 0.3) is 10.9 Å². The Bertz CT molecular complexity index is 611. The van der Waals surface area contributed by atoms with Gasteiger partial charge in [0.15, 0.2) is 0 Å². The molecule has 0 spiro atoms. The van der Waals surface area contributed by atoms with E-state index in [1.165, 1.54) is 17.5 Å². The first-order valence-corrected chi connectivity index (χ1v) is 8.07. The highest BCUT2D eigenvalue weighted by Gasteiger charge is 2.20. The number of hydrogen-bond acceptors (Lipinski definition) is 3. The monoisotopic (exact) mass is 284 g/mol. The van der Waals surface area contributed by atoms with Crippen LogP contribution in [0.5, 0.6) is 0 Å². The Labute approximate surface area is 126 Å². The lowest BCUT2D eigenvalue weighted by Crippen LogP contribution is -2.25. The molecule has 0 amide bonds. The van der Waals surface area contributed by atoms with Crippen molar-refractivity contribution in [3.05, 3.63) is 36.0 Å². The molecule has 3 rings (SSSR count). The molecule has 2 atom stereocenters. The van der Waals surface area contributed by atoms with Crippen LogP contribution in [-0.2, 0) is 6.42 Å². The highest BCUT2D eigenvalue weighted by Crippen LogP contribution is 2.27. The molecule has 0 saturated heterocycles. The maximum Gasteiger partial charge on any atom is 0.0726 e. The third-order valence-electron chi connectivity index (χ3n) is 4.47. The number of nitrogens with zero attached hydrogens (tertiary/aromatic N) is 1. The molecular weight excluding hydrogens is 260 g/mol. The van der Waals surface area contributed by atoms with Crippen LogP contribution in [0.2, 0.25) is 0 Å². The molecule has 2 N–H and O–H groups in total. The van der Waals surface area contributed by atoms with Crippen molar-refractivity contribution in [2.75, 3.05) is 11.9 Å². The third kappa shape index (κ3) is 3.35. The quantitative estimate of drug-likeness (QED) is 0.898. The number of nitrogens with one attached hydrogen (secondary N) is 1. The number of aliphatic hydroxyl groups is 1. The van der Waals surface area contributed by atoms with Gasteiger partial charge in [0.1, 0.15) is 0 Å². The van der Waals surface area contributed by atoms with Crippen molar-refractivity contribution in [1.29, 1.82) is 0 Å². The highest BCUT2D eigenvalue weighted by molar-refractivity contribution is 5.91. The first kappa shape index (κ1) is 14.3. The van der Waals surface area contributed by atoms with E-state index in [1.807, 2.05) is 6.07 Å². The Morgan fingerprint density at radius 3 is 2.95 bits per heavy atom. The van der Waals surface area contributed by atoms with Crippen LogP contribution in [0.1, 0.15) is 38.3 Å². The summed E-state index contributed by atoms with van der Waals surface area (Å²) < 4.78 is 0. The van der Waals surface area contributed by atoms with Crippen LogP contribution in [0.15, 0.2) is 30.3 Å². The SMILES string of the molecule is CCc1cc(NCC2CCCC(O)C2)c2ccccc2n1. The number of aromatic nitrogens is 1. The molecule has 1 aromatic heterocycles. The van der Waals surface area contributed by atoms with Crippen LogP contribution in [-0.4, -0.2) is 22.7 Å². The molecule has 1 aliphatic rings. The Morgan fingerprint density at radius 1 is 1.29 bits per heavy atom. The van der Waals surface area contributed by atoms with E-state index in [4.69, 9.17) is 0 Å². The molecule has 1 aromatic carbocycles. The van der Waals surface area contributed by atoms with Crippen molar-refractivity contribution in [3.8, 4) is 0 Å². The van der Waals surface area contributed by atoms with Gasteiger partial charge in [-0.25, -0.2) is 0 Å². The molecule has 0 aliphatic heterocycles. The summed E-state index contributed by atoms with van der Waals surface area (Å²) in [5, 5.41) is 14.6. The van der Waals surface area contributed by atoms with E-state index in [0.717, 1.165) is 43.4 Å². The number of pyridine rings is 1. The van der Waals surface area contributed by atoms with Gasteiger partial charge in [-0.2, -0.15) is 0 Å². The van der Waals surface area contributed by atoms with Crippen molar-refractivity contribution in [1.82, 2.24) is 4.98 Å². The van der Waals surface area contributed by atoms with Gasteiger partial charge in [0.05, 0.1) is 11.6 Å². The van der Waals surface area contributed by atoms with Gasteiger partial charge in [0, 0.05) is 23.3 Å². The van der Waals surface area contributed by atoms with E-state index in [-0.39, 0.29) is 6.10 Å². The van der Waals surface area contributed by atoms with Crippen LogP contribution in [0.3, 0.4) is 0 Å². The van der Waals surface area contributed by atoms with E-state index < -0.39 is 0 Å².